The minimum atomic E-state index is -0.362. The summed E-state index contributed by atoms with van der Waals surface area (Å²) in [4.78, 5) is 25.2. The highest BCUT2D eigenvalue weighted by atomic mass is 16.2. The number of amides is 2. The minimum Gasteiger partial charge on any atom is -0.345 e. The fraction of sp³-hybridized carbons (Fsp3) is 0.818. The van der Waals surface area contributed by atoms with Gasteiger partial charge in [0.1, 0.15) is 6.04 Å². The van der Waals surface area contributed by atoms with E-state index < -0.39 is 0 Å². The zero-order chi connectivity index (χ0) is 11.8. The summed E-state index contributed by atoms with van der Waals surface area (Å²) in [6.07, 6.45) is 0. The third-order valence-corrected chi connectivity index (χ3v) is 2.61. The molecule has 0 aromatic heterocycles. The van der Waals surface area contributed by atoms with E-state index in [1.54, 1.807) is 4.90 Å². The molecule has 0 aromatic carbocycles. The molecule has 15 heavy (non-hydrogen) atoms. The molecule has 1 rings (SSSR count). The van der Waals surface area contributed by atoms with Gasteiger partial charge in [-0.25, -0.2) is 0 Å². The SMILES string of the molecule is CC(C)N1C(=O)CNC(=O)[C@@H]1C(C)(C)C. The predicted octanol–water partition coefficient (Wildman–Crippen LogP) is 0.768. The molecule has 1 fully saturated rings. The van der Waals surface area contributed by atoms with Crippen LogP contribution in [0.25, 0.3) is 0 Å². The number of nitrogens with one attached hydrogen (secondary N) is 1. The zero-order valence-electron chi connectivity index (χ0n) is 10.1. The Labute approximate surface area is 91.0 Å². The molecule has 2 amide bonds. The quantitative estimate of drug-likeness (QED) is 0.698. The maximum Gasteiger partial charge on any atom is 0.243 e. The zero-order valence-corrected chi connectivity index (χ0v) is 10.1. The molecule has 1 aliphatic rings. The third-order valence-electron chi connectivity index (χ3n) is 2.61. The molecular formula is C11H20N2O2. The van der Waals surface area contributed by atoms with Gasteiger partial charge in [0.2, 0.25) is 11.8 Å². The lowest BCUT2D eigenvalue weighted by molar-refractivity contribution is -0.152. The van der Waals surface area contributed by atoms with Crippen molar-refractivity contribution >= 4 is 11.8 Å². The fourth-order valence-electron chi connectivity index (χ4n) is 2.02. The molecule has 0 aromatic rings. The largest absolute Gasteiger partial charge is 0.345 e. The van der Waals surface area contributed by atoms with Gasteiger partial charge in [-0.1, -0.05) is 20.8 Å². The van der Waals surface area contributed by atoms with E-state index >= 15 is 0 Å². The van der Waals surface area contributed by atoms with Crippen molar-refractivity contribution in [1.29, 1.82) is 0 Å². The Balaban J connectivity index is 3.04. The number of piperazine rings is 1. The first-order valence-corrected chi connectivity index (χ1v) is 5.34. The van der Waals surface area contributed by atoms with Crippen molar-refractivity contribution in [3.63, 3.8) is 0 Å². The molecule has 0 radical (unpaired) electrons. The highest BCUT2D eigenvalue weighted by Crippen LogP contribution is 2.27. The average molecular weight is 212 g/mol. The average Bonchev–Trinajstić information content (AvgIpc) is 2.05. The van der Waals surface area contributed by atoms with E-state index in [-0.39, 0.29) is 35.9 Å². The molecule has 86 valence electrons. The van der Waals surface area contributed by atoms with E-state index in [4.69, 9.17) is 0 Å². The molecule has 0 bridgehead atoms. The Morgan fingerprint density at radius 1 is 1.33 bits per heavy atom. The summed E-state index contributed by atoms with van der Waals surface area (Å²) in [5.74, 6) is -0.0414. The second-order valence-corrected chi connectivity index (χ2v) is 5.38. The van der Waals surface area contributed by atoms with Crippen molar-refractivity contribution in [2.45, 2.75) is 46.7 Å². The Morgan fingerprint density at radius 2 is 1.87 bits per heavy atom. The normalized spacial score (nSPS) is 23.3. The number of hydrogen-bond acceptors (Lipinski definition) is 2. The van der Waals surface area contributed by atoms with Crippen LogP contribution in [0.1, 0.15) is 34.6 Å². The molecule has 1 N–H and O–H groups in total. The van der Waals surface area contributed by atoms with Crippen LogP contribution in [0.15, 0.2) is 0 Å². The van der Waals surface area contributed by atoms with E-state index in [1.807, 2.05) is 34.6 Å². The molecule has 0 saturated carbocycles. The lowest BCUT2D eigenvalue weighted by Crippen LogP contribution is -2.64. The lowest BCUT2D eigenvalue weighted by Gasteiger charge is -2.44. The first-order valence-electron chi connectivity index (χ1n) is 5.34. The Bertz CT molecular complexity index is 279. The predicted molar refractivity (Wildman–Crippen MR) is 58.2 cm³/mol. The van der Waals surface area contributed by atoms with Gasteiger partial charge in [-0.15, -0.1) is 0 Å². The monoisotopic (exact) mass is 212 g/mol. The Morgan fingerprint density at radius 3 is 2.20 bits per heavy atom. The molecule has 0 aliphatic carbocycles. The summed E-state index contributed by atoms with van der Waals surface area (Å²) in [5.41, 5.74) is -0.232. The molecule has 0 unspecified atom stereocenters. The van der Waals surface area contributed by atoms with Gasteiger partial charge in [-0.2, -0.15) is 0 Å². The summed E-state index contributed by atoms with van der Waals surface area (Å²) in [7, 11) is 0. The van der Waals surface area contributed by atoms with Gasteiger partial charge in [-0.05, 0) is 19.3 Å². The van der Waals surface area contributed by atoms with Crippen molar-refractivity contribution in [1.82, 2.24) is 10.2 Å². The van der Waals surface area contributed by atoms with E-state index in [2.05, 4.69) is 5.32 Å². The minimum absolute atomic E-state index is 0.00419. The van der Waals surface area contributed by atoms with Gasteiger partial charge in [0.05, 0.1) is 6.54 Å². The van der Waals surface area contributed by atoms with Gasteiger partial charge < -0.3 is 10.2 Å². The van der Waals surface area contributed by atoms with E-state index in [9.17, 15) is 9.59 Å². The van der Waals surface area contributed by atoms with Gasteiger partial charge >= 0.3 is 0 Å². The summed E-state index contributed by atoms with van der Waals surface area (Å²) in [6.45, 7) is 9.94. The van der Waals surface area contributed by atoms with Crippen LogP contribution >= 0.6 is 0 Å². The van der Waals surface area contributed by atoms with Crippen LogP contribution < -0.4 is 5.32 Å². The van der Waals surface area contributed by atoms with Gasteiger partial charge in [-0.3, -0.25) is 9.59 Å². The topological polar surface area (TPSA) is 49.4 Å². The number of rotatable bonds is 1. The Hall–Kier alpha value is -1.06. The summed E-state index contributed by atoms with van der Waals surface area (Å²) < 4.78 is 0. The van der Waals surface area contributed by atoms with E-state index in [1.165, 1.54) is 0 Å². The van der Waals surface area contributed by atoms with Crippen LogP contribution in [0.2, 0.25) is 0 Å². The van der Waals surface area contributed by atoms with Crippen LogP contribution in [-0.4, -0.2) is 35.3 Å². The maximum atomic E-state index is 11.8. The number of nitrogens with zero attached hydrogens (tertiary/aromatic N) is 1. The van der Waals surface area contributed by atoms with Crippen LogP contribution in [0, 0.1) is 5.41 Å². The standard InChI is InChI=1S/C11H20N2O2/c1-7(2)13-8(14)6-12-10(15)9(13)11(3,4)5/h7,9H,6H2,1-5H3,(H,12,15)/t9-/m1/s1. The van der Waals surface area contributed by atoms with Crippen LogP contribution in [0.5, 0.6) is 0 Å². The molecule has 1 heterocycles. The van der Waals surface area contributed by atoms with E-state index in [0.29, 0.717) is 0 Å². The molecule has 0 spiro atoms. The van der Waals surface area contributed by atoms with Crippen molar-refractivity contribution in [2.75, 3.05) is 6.54 Å². The fourth-order valence-corrected chi connectivity index (χ4v) is 2.02. The summed E-state index contributed by atoms with van der Waals surface area (Å²) in [5, 5.41) is 2.64. The molecule has 1 atom stereocenters. The van der Waals surface area contributed by atoms with E-state index in [0.717, 1.165) is 0 Å². The third kappa shape index (κ3) is 2.30. The van der Waals surface area contributed by atoms with Crippen LogP contribution in [-0.2, 0) is 9.59 Å². The highest BCUT2D eigenvalue weighted by molar-refractivity contribution is 5.95. The van der Waals surface area contributed by atoms with Crippen molar-refractivity contribution in [3.8, 4) is 0 Å². The molecule has 4 heteroatoms. The second kappa shape index (κ2) is 3.83. The van der Waals surface area contributed by atoms with Crippen molar-refractivity contribution < 1.29 is 9.59 Å². The molecule has 1 aliphatic heterocycles. The number of carbonyl (C=O) groups is 2. The van der Waals surface area contributed by atoms with Gasteiger partial charge in [0.25, 0.3) is 0 Å². The van der Waals surface area contributed by atoms with Crippen molar-refractivity contribution in [3.05, 3.63) is 0 Å². The molecule has 4 nitrogen and oxygen atoms in total. The van der Waals surface area contributed by atoms with Gasteiger partial charge in [0.15, 0.2) is 0 Å². The number of hydrogen-bond donors (Lipinski definition) is 1. The second-order valence-electron chi connectivity index (χ2n) is 5.38. The van der Waals surface area contributed by atoms with Crippen LogP contribution in [0.3, 0.4) is 0 Å². The summed E-state index contributed by atoms with van der Waals surface area (Å²) in [6, 6.07) is -0.300. The maximum absolute atomic E-state index is 11.8. The smallest absolute Gasteiger partial charge is 0.243 e. The number of carbonyl (C=O) groups excluding carboxylic acids is 2. The highest BCUT2D eigenvalue weighted by Gasteiger charge is 2.42. The molecule has 1 saturated heterocycles. The molecular weight excluding hydrogens is 192 g/mol. The Kier molecular flexibility index (Phi) is 3.07. The first kappa shape index (κ1) is 12.0. The van der Waals surface area contributed by atoms with Gasteiger partial charge in [0, 0.05) is 6.04 Å². The summed E-state index contributed by atoms with van der Waals surface area (Å²) >= 11 is 0. The van der Waals surface area contributed by atoms with Crippen molar-refractivity contribution in [2.24, 2.45) is 5.41 Å². The first-order chi connectivity index (χ1) is 6.75. The lowest BCUT2D eigenvalue weighted by atomic mass is 9.83. The van der Waals surface area contributed by atoms with Crippen LogP contribution in [0.4, 0.5) is 0 Å².